The lowest BCUT2D eigenvalue weighted by molar-refractivity contribution is 0.433. The minimum absolute atomic E-state index is 0.315. The van der Waals surface area contributed by atoms with Gasteiger partial charge in [0.1, 0.15) is 5.75 Å². The normalized spacial score (nSPS) is 14.2. The van der Waals surface area contributed by atoms with E-state index < -0.39 is 0 Å². The molecular formula is C18H20FNO. The summed E-state index contributed by atoms with van der Waals surface area (Å²) in [7, 11) is 0. The molecule has 2 aromatic rings. The third kappa shape index (κ3) is 3.61. The highest BCUT2D eigenvalue weighted by Crippen LogP contribution is 2.29. The number of ether oxygens (including phenoxy) is 1. The summed E-state index contributed by atoms with van der Waals surface area (Å²) in [5.41, 5.74) is 2.10. The fourth-order valence-electron chi connectivity index (χ4n) is 2.26. The molecule has 0 spiro atoms. The summed E-state index contributed by atoms with van der Waals surface area (Å²) in [5.74, 6) is 0.685. The maximum Gasteiger partial charge on any atom is 0.167 e. The average Bonchev–Trinajstić information content (AvgIpc) is 3.33. The monoisotopic (exact) mass is 285 g/mol. The van der Waals surface area contributed by atoms with Gasteiger partial charge >= 0.3 is 0 Å². The van der Waals surface area contributed by atoms with Gasteiger partial charge in [-0.3, -0.25) is 0 Å². The van der Waals surface area contributed by atoms with Crippen molar-refractivity contribution in [3.05, 3.63) is 59.4 Å². The molecule has 21 heavy (non-hydrogen) atoms. The zero-order valence-corrected chi connectivity index (χ0v) is 12.2. The van der Waals surface area contributed by atoms with Crippen molar-refractivity contribution in [3.8, 4) is 11.5 Å². The van der Waals surface area contributed by atoms with Crippen LogP contribution in [0.25, 0.3) is 0 Å². The van der Waals surface area contributed by atoms with E-state index in [1.165, 1.54) is 24.5 Å². The average molecular weight is 285 g/mol. The molecule has 0 bridgehead atoms. The van der Waals surface area contributed by atoms with Gasteiger partial charge in [0.2, 0.25) is 0 Å². The van der Waals surface area contributed by atoms with Crippen LogP contribution in [0.1, 0.15) is 30.9 Å². The Morgan fingerprint density at radius 3 is 2.57 bits per heavy atom. The van der Waals surface area contributed by atoms with Gasteiger partial charge in [-0.1, -0.05) is 31.2 Å². The van der Waals surface area contributed by atoms with Crippen LogP contribution >= 0.6 is 0 Å². The Labute approximate surface area is 125 Å². The molecule has 0 unspecified atom stereocenters. The molecule has 0 aromatic heterocycles. The van der Waals surface area contributed by atoms with Crippen LogP contribution in [-0.4, -0.2) is 6.04 Å². The van der Waals surface area contributed by atoms with Gasteiger partial charge in [0, 0.05) is 18.2 Å². The number of halogens is 1. The minimum atomic E-state index is -0.315. The molecule has 0 amide bonds. The van der Waals surface area contributed by atoms with Gasteiger partial charge in [0.25, 0.3) is 0 Å². The van der Waals surface area contributed by atoms with Gasteiger partial charge in [0.15, 0.2) is 11.6 Å². The first-order chi connectivity index (χ1) is 10.3. The Morgan fingerprint density at radius 1 is 1.14 bits per heavy atom. The smallest absolute Gasteiger partial charge is 0.167 e. The number of nitrogens with one attached hydrogen (secondary N) is 1. The van der Waals surface area contributed by atoms with Crippen molar-refractivity contribution in [2.45, 2.75) is 38.8 Å². The number of aryl methyl sites for hydroxylation is 1. The van der Waals surface area contributed by atoms with E-state index in [1.807, 2.05) is 30.3 Å². The molecule has 3 heteroatoms. The molecule has 1 N–H and O–H groups in total. The molecule has 0 heterocycles. The Hall–Kier alpha value is -1.87. The number of hydrogen-bond acceptors (Lipinski definition) is 2. The molecule has 1 fully saturated rings. The molecule has 1 aliphatic rings. The molecule has 2 aromatic carbocycles. The van der Waals surface area contributed by atoms with E-state index in [-0.39, 0.29) is 5.82 Å². The summed E-state index contributed by atoms with van der Waals surface area (Å²) >= 11 is 0. The van der Waals surface area contributed by atoms with Crippen LogP contribution in [-0.2, 0) is 13.0 Å². The fraction of sp³-hybridized carbons (Fsp3) is 0.333. The first-order valence-electron chi connectivity index (χ1n) is 7.54. The minimum Gasteiger partial charge on any atom is -0.454 e. The standard InChI is InChI=1S/C18H20FNO/c1-2-13-6-10-16(11-7-13)21-18-14(4-3-5-17(18)19)12-20-15-8-9-15/h3-7,10-11,15,20H,2,8-9,12H2,1H3. The third-order valence-electron chi connectivity index (χ3n) is 3.76. The lowest BCUT2D eigenvalue weighted by Crippen LogP contribution is -2.16. The van der Waals surface area contributed by atoms with Crippen LogP contribution in [0.2, 0.25) is 0 Å². The fourth-order valence-corrected chi connectivity index (χ4v) is 2.26. The van der Waals surface area contributed by atoms with Crippen molar-refractivity contribution in [2.75, 3.05) is 0 Å². The zero-order chi connectivity index (χ0) is 14.7. The maximum atomic E-state index is 14.1. The van der Waals surface area contributed by atoms with Crippen LogP contribution in [0.4, 0.5) is 4.39 Å². The van der Waals surface area contributed by atoms with E-state index in [0.29, 0.717) is 24.1 Å². The highest BCUT2D eigenvalue weighted by Gasteiger charge is 2.21. The highest BCUT2D eigenvalue weighted by atomic mass is 19.1. The first-order valence-corrected chi connectivity index (χ1v) is 7.54. The second kappa shape index (κ2) is 6.27. The molecule has 3 rings (SSSR count). The Kier molecular flexibility index (Phi) is 4.20. The number of benzene rings is 2. The molecule has 110 valence electrons. The second-order valence-electron chi connectivity index (χ2n) is 5.48. The van der Waals surface area contributed by atoms with Crippen LogP contribution in [0.15, 0.2) is 42.5 Å². The van der Waals surface area contributed by atoms with Crippen LogP contribution < -0.4 is 10.1 Å². The molecule has 2 nitrogen and oxygen atoms in total. The SMILES string of the molecule is CCc1ccc(Oc2c(F)cccc2CNC2CC2)cc1. The predicted octanol–water partition coefficient (Wildman–Crippen LogP) is 4.43. The first kappa shape index (κ1) is 14.1. The number of rotatable bonds is 6. The van der Waals surface area contributed by atoms with Crippen molar-refractivity contribution in [1.29, 1.82) is 0 Å². The summed E-state index contributed by atoms with van der Waals surface area (Å²) in [6.07, 6.45) is 3.41. The lowest BCUT2D eigenvalue weighted by Gasteiger charge is -2.13. The van der Waals surface area contributed by atoms with Gasteiger partial charge in [-0.15, -0.1) is 0 Å². The Morgan fingerprint density at radius 2 is 1.90 bits per heavy atom. The van der Waals surface area contributed by atoms with Gasteiger partial charge in [-0.2, -0.15) is 0 Å². The Balaban J connectivity index is 1.78. The second-order valence-corrected chi connectivity index (χ2v) is 5.48. The molecule has 0 atom stereocenters. The maximum absolute atomic E-state index is 14.1. The molecular weight excluding hydrogens is 265 g/mol. The molecule has 0 saturated heterocycles. The largest absolute Gasteiger partial charge is 0.454 e. The summed E-state index contributed by atoms with van der Waals surface area (Å²) in [5, 5.41) is 3.40. The van der Waals surface area contributed by atoms with Crippen LogP contribution in [0, 0.1) is 5.82 Å². The molecule has 1 aliphatic carbocycles. The van der Waals surface area contributed by atoms with E-state index >= 15 is 0 Å². The topological polar surface area (TPSA) is 21.3 Å². The van der Waals surface area contributed by atoms with E-state index in [2.05, 4.69) is 12.2 Å². The predicted molar refractivity (Wildman–Crippen MR) is 82.2 cm³/mol. The summed E-state index contributed by atoms with van der Waals surface area (Å²) < 4.78 is 19.8. The number of hydrogen-bond donors (Lipinski definition) is 1. The van der Waals surface area contributed by atoms with Crippen LogP contribution in [0.3, 0.4) is 0 Å². The van der Waals surface area contributed by atoms with E-state index in [0.717, 1.165) is 12.0 Å². The summed E-state index contributed by atoms with van der Waals surface area (Å²) in [6.45, 7) is 2.75. The molecule has 0 aliphatic heterocycles. The van der Waals surface area contributed by atoms with Gasteiger partial charge in [-0.25, -0.2) is 4.39 Å². The lowest BCUT2D eigenvalue weighted by atomic mass is 10.1. The van der Waals surface area contributed by atoms with Crippen molar-refractivity contribution >= 4 is 0 Å². The van der Waals surface area contributed by atoms with Crippen molar-refractivity contribution < 1.29 is 9.13 Å². The third-order valence-corrected chi connectivity index (χ3v) is 3.76. The highest BCUT2D eigenvalue weighted by molar-refractivity contribution is 5.39. The van der Waals surface area contributed by atoms with Crippen LogP contribution in [0.5, 0.6) is 11.5 Å². The number of para-hydroxylation sites is 1. The molecule has 1 saturated carbocycles. The quantitative estimate of drug-likeness (QED) is 0.847. The van der Waals surface area contributed by atoms with Gasteiger partial charge in [0.05, 0.1) is 0 Å². The van der Waals surface area contributed by atoms with E-state index in [1.54, 1.807) is 6.07 Å². The van der Waals surface area contributed by atoms with Crippen molar-refractivity contribution in [2.24, 2.45) is 0 Å². The van der Waals surface area contributed by atoms with Crippen molar-refractivity contribution in [3.63, 3.8) is 0 Å². The van der Waals surface area contributed by atoms with E-state index in [4.69, 9.17) is 4.74 Å². The zero-order valence-electron chi connectivity index (χ0n) is 12.2. The summed E-state index contributed by atoms with van der Waals surface area (Å²) in [4.78, 5) is 0. The molecule has 0 radical (unpaired) electrons. The van der Waals surface area contributed by atoms with Gasteiger partial charge in [-0.05, 0) is 43.0 Å². The van der Waals surface area contributed by atoms with E-state index in [9.17, 15) is 4.39 Å². The van der Waals surface area contributed by atoms with Gasteiger partial charge < -0.3 is 10.1 Å². The summed E-state index contributed by atoms with van der Waals surface area (Å²) in [6, 6.07) is 13.5. The Bertz CT molecular complexity index is 605. The van der Waals surface area contributed by atoms with Crippen molar-refractivity contribution in [1.82, 2.24) is 5.32 Å².